The van der Waals surface area contributed by atoms with E-state index >= 15 is 0 Å². The van der Waals surface area contributed by atoms with Crippen molar-refractivity contribution in [1.29, 1.82) is 0 Å². The van der Waals surface area contributed by atoms with Gasteiger partial charge in [-0.05, 0) is 37.8 Å². The summed E-state index contributed by atoms with van der Waals surface area (Å²) in [4.78, 5) is 12.0. The van der Waals surface area contributed by atoms with E-state index in [1.165, 1.54) is 6.42 Å². The Morgan fingerprint density at radius 1 is 1.53 bits per heavy atom. The number of nitrogens with one attached hydrogen (secondary N) is 1. The SMILES string of the molecule is Cc1cccc(C(=O)NCC2(O)CCCC(C)C2)c1. The van der Waals surface area contributed by atoms with Gasteiger partial charge in [-0.15, -0.1) is 0 Å². The average Bonchev–Trinajstić information content (AvgIpc) is 2.36. The lowest BCUT2D eigenvalue weighted by molar-refractivity contribution is -0.0109. The van der Waals surface area contributed by atoms with Crippen molar-refractivity contribution in [2.75, 3.05) is 6.54 Å². The topological polar surface area (TPSA) is 49.3 Å². The van der Waals surface area contributed by atoms with Crippen LogP contribution in [0.2, 0.25) is 0 Å². The number of carbonyl (C=O) groups is 1. The second kappa shape index (κ2) is 5.74. The zero-order chi connectivity index (χ0) is 13.9. The Hall–Kier alpha value is -1.35. The lowest BCUT2D eigenvalue weighted by atomic mass is 9.79. The zero-order valence-electron chi connectivity index (χ0n) is 11.8. The predicted octanol–water partition coefficient (Wildman–Crippen LogP) is 2.67. The van der Waals surface area contributed by atoms with Gasteiger partial charge in [0, 0.05) is 12.1 Å². The lowest BCUT2D eigenvalue weighted by Gasteiger charge is -2.35. The predicted molar refractivity (Wildman–Crippen MR) is 76.1 cm³/mol. The summed E-state index contributed by atoms with van der Waals surface area (Å²) in [7, 11) is 0. The molecule has 1 aliphatic rings. The monoisotopic (exact) mass is 261 g/mol. The highest BCUT2D eigenvalue weighted by Crippen LogP contribution is 2.31. The fourth-order valence-corrected chi connectivity index (χ4v) is 2.93. The summed E-state index contributed by atoms with van der Waals surface area (Å²) in [5.41, 5.74) is 1.00. The molecule has 0 heterocycles. The molecule has 1 aliphatic carbocycles. The number of aryl methyl sites for hydroxylation is 1. The van der Waals surface area contributed by atoms with Gasteiger partial charge in [0.05, 0.1) is 5.60 Å². The van der Waals surface area contributed by atoms with E-state index in [0.29, 0.717) is 18.0 Å². The highest BCUT2D eigenvalue weighted by atomic mass is 16.3. The molecule has 1 saturated carbocycles. The number of rotatable bonds is 3. The summed E-state index contributed by atoms with van der Waals surface area (Å²) < 4.78 is 0. The molecule has 19 heavy (non-hydrogen) atoms. The van der Waals surface area contributed by atoms with Gasteiger partial charge >= 0.3 is 0 Å². The third-order valence-corrected chi connectivity index (χ3v) is 3.93. The van der Waals surface area contributed by atoms with Crippen molar-refractivity contribution in [2.24, 2.45) is 5.92 Å². The van der Waals surface area contributed by atoms with Crippen molar-refractivity contribution in [1.82, 2.24) is 5.32 Å². The molecule has 104 valence electrons. The molecular weight excluding hydrogens is 238 g/mol. The lowest BCUT2D eigenvalue weighted by Crippen LogP contribution is -2.45. The highest BCUT2D eigenvalue weighted by molar-refractivity contribution is 5.94. The van der Waals surface area contributed by atoms with Crippen LogP contribution in [0.4, 0.5) is 0 Å². The van der Waals surface area contributed by atoms with Crippen molar-refractivity contribution < 1.29 is 9.90 Å². The van der Waals surface area contributed by atoms with Gasteiger partial charge in [0.2, 0.25) is 0 Å². The molecule has 0 radical (unpaired) electrons. The minimum atomic E-state index is -0.725. The van der Waals surface area contributed by atoms with Crippen LogP contribution in [0.3, 0.4) is 0 Å². The van der Waals surface area contributed by atoms with Crippen LogP contribution in [0.5, 0.6) is 0 Å². The third-order valence-electron chi connectivity index (χ3n) is 3.93. The molecule has 1 amide bonds. The first-order chi connectivity index (χ1) is 8.98. The van der Waals surface area contributed by atoms with Crippen LogP contribution in [0, 0.1) is 12.8 Å². The number of amides is 1. The second-order valence-corrected chi connectivity index (χ2v) is 5.98. The van der Waals surface area contributed by atoms with Crippen molar-refractivity contribution in [3.8, 4) is 0 Å². The van der Waals surface area contributed by atoms with E-state index in [-0.39, 0.29) is 5.91 Å². The molecule has 0 aromatic heterocycles. The Labute approximate surface area is 115 Å². The van der Waals surface area contributed by atoms with E-state index in [9.17, 15) is 9.90 Å². The summed E-state index contributed by atoms with van der Waals surface area (Å²) in [5.74, 6) is 0.435. The van der Waals surface area contributed by atoms with Crippen LogP contribution in [-0.4, -0.2) is 23.2 Å². The van der Waals surface area contributed by atoms with Gasteiger partial charge in [0.15, 0.2) is 0 Å². The molecular formula is C16H23NO2. The number of benzene rings is 1. The van der Waals surface area contributed by atoms with E-state index in [0.717, 1.165) is 24.8 Å². The molecule has 1 aromatic carbocycles. The quantitative estimate of drug-likeness (QED) is 0.879. The number of hydrogen-bond donors (Lipinski definition) is 2. The molecule has 3 nitrogen and oxygen atoms in total. The van der Waals surface area contributed by atoms with Gasteiger partial charge in [-0.2, -0.15) is 0 Å². The molecule has 2 unspecified atom stereocenters. The maximum Gasteiger partial charge on any atom is 0.251 e. The standard InChI is InChI=1S/C16H23NO2/c1-12-5-3-7-14(9-12)15(18)17-11-16(19)8-4-6-13(2)10-16/h3,5,7,9,13,19H,4,6,8,10-11H2,1-2H3,(H,17,18). The summed E-state index contributed by atoms with van der Waals surface area (Å²) in [6.07, 6.45) is 3.78. The minimum absolute atomic E-state index is 0.102. The molecule has 3 heteroatoms. The van der Waals surface area contributed by atoms with Crippen molar-refractivity contribution in [3.63, 3.8) is 0 Å². The molecule has 0 bridgehead atoms. The van der Waals surface area contributed by atoms with Gasteiger partial charge < -0.3 is 10.4 Å². The smallest absolute Gasteiger partial charge is 0.251 e. The summed E-state index contributed by atoms with van der Waals surface area (Å²) in [5, 5.41) is 13.3. The van der Waals surface area contributed by atoms with Crippen LogP contribution in [0.15, 0.2) is 24.3 Å². The maximum atomic E-state index is 12.0. The van der Waals surface area contributed by atoms with Crippen LogP contribution in [0.1, 0.15) is 48.5 Å². The first-order valence-corrected chi connectivity index (χ1v) is 7.06. The molecule has 2 atom stereocenters. The number of carbonyl (C=O) groups excluding carboxylic acids is 1. The Bertz CT molecular complexity index is 458. The van der Waals surface area contributed by atoms with E-state index in [1.54, 1.807) is 6.07 Å². The summed E-state index contributed by atoms with van der Waals surface area (Å²) >= 11 is 0. The normalized spacial score (nSPS) is 27.0. The van der Waals surface area contributed by atoms with E-state index in [1.807, 2.05) is 25.1 Å². The average molecular weight is 261 g/mol. The largest absolute Gasteiger partial charge is 0.388 e. The molecule has 0 saturated heterocycles. The Morgan fingerprint density at radius 2 is 2.32 bits per heavy atom. The fraction of sp³-hybridized carbons (Fsp3) is 0.562. The molecule has 2 rings (SSSR count). The first-order valence-electron chi connectivity index (χ1n) is 7.06. The number of hydrogen-bond acceptors (Lipinski definition) is 2. The molecule has 1 fully saturated rings. The van der Waals surface area contributed by atoms with E-state index in [4.69, 9.17) is 0 Å². The van der Waals surface area contributed by atoms with E-state index in [2.05, 4.69) is 12.2 Å². The van der Waals surface area contributed by atoms with Crippen LogP contribution >= 0.6 is 0 Å². The van der Waals surface area contributed by atoms with Crippen molar-refractivity contribution in [3.05, 3.63) is 35.4 Å². The van der Waals surface area contributed by atoms with Crippen molar-refractivity contribution >= 4 is 5.91 Å². The summed E-state index contributed by atoms with van der Waals surface area (Å²) in [6, 6.07) is 7.51. The second-order valence-electron chi connectivity index (χ2n) is 5.98. The van der Waals surface area contributed by atoms with Gasteiger partial charge in [-0.1, -0.05) is 37.5 Å². The van der Waals surface area contributed by atoms with Gasteiger partial charge in [-0.25, -0.2) is 0 Å². The van der Waals surface area contributed by atoms with Gasteiger partial charge in [-0.3, -0.25) is 4.79 Å². The Morgan fingerprint density at radius 3 is 3.00 bits per heavy atom. The molecule has 1 aromatic rings. The zero-order valence-corrected chi connectivity index (χ0v) is 11.8. The van der Waals surface area contributed by atoms with Crippen LogP contribution in [0.25, 0.3) is 0 Å². The highest BCUT2D eigenvalue weighted by Gasteiger charge is 2.32. The Balaban J connectivity index is 1.93. The molecule has 0 aliphatic heterocycles. The molecule has 2 N–H and O–H groups in total. The van der Waals surface area contributed by atoms with Gasteiger partial charge in [0.25, 0.3) is 5.91 Å². The summed E-state index contributed by atoms with van der Waals surface area (Å²) in [6.45, 7) is 4.48. The third kappa shape index (κ3) is 3.80. The molecule has 0 spiro atoms. The van der Waals surface area contributed by atoms with Crippen LogP contribution < -0.4 is 5.32 Å². The van der Waals surface area contributed by atoms with E-state index < -0.39 is 5.60 Å². The number of aliphatic hydroxyl groups is 1. The van der Waals surface area contributed by atoms with Crippen LogP contribution in [-0.2, 0) is 0 Å². The fourth-order valence-electron chi connectivity index (χ4n) is 2.93. The van der Waals surface area contributed by atoms with Gasteiger partial charge in [0.1, 0.15) is 0 Å². The Kier molecular flexibility index (Phi) is 4.25. The maximum absolute atomic E-state index is 12.0. The minimum Gasteiger partial charge on any atom is -0.388 e. The van der Waals surface area contributed by atoms with Crippen molar-refractivity contribution in [2.45, 2.75) is 45.1 Å². The first kappa shape index (κ1) is 14.1.